The highest BCUT2D eigenvalue weighted by atomic mass is 32.1. The second kappa shape index (κ2) is 11.1. The first kappa shape index (κ1) is 26.9. The molecule has 0 radical (unpaired) electrons. The molecule has 0 atom stereocenters. The molecule has 0 unspecified atom stereocenters. The molecule has 2 aromatic carbocycles. The Morgan fingerprint density at radius 3 is 2.66 bits per heavy atom. The molecule has 2 heterocycles. The molecule has 38 heavy (non-hydrogen) atoms. The Bertz CT molecular complexity index is 1520. The van der Waals surface area contributed by atoms with Gasteiger partial charge in [0.2, 0.25) is 0 Å². The maximum absolute atomic E-state index is 13.9. The minimum atomic E-state index is -4.79. The molecule has 0 aliphatic heterocycles. The van der Waals surface area contributed by atoms with Gasteiger partial charge in [-0.25, -0.2) is 19.5 Å². The number of amides is 1. The van der Waals surface area contributed by atoms with Crippen molar-refractivity contribution in [3.63, 3.8) is 0 Å². The SMILES string of the molecule is CCCCCOc1ccc(N(C(=O)C(=O)OC)c2nc(-c3ccc4[nH]c(=O)oc4c3)cs2)cc1C(F)(F)F. The molecule has 13 heteroatoms. The number of hydrogen-bond donors (Lipinski definition) is 1. The third-order valence-electron chi connectivity index (χ3n) is 5.50. The van der Waals surface area contributed by atoms with E-state index < -0.39 is 29.4 Å². The van der Waals surface area contributed by atoms with Crippen molar-refractivity contribution in [3.8, 4) is 17.0 Å². The number of nitrogens with one attached hydrogen (secondary N) is 1. The number of carbonyl (C=O) groups is 2. The van der Waals surface area contributed by atoms with Gasteiger partial charge in [-0.3, -0.25) is 9.78 Å². The fourth-order valence-electron chi connectivity index (χ4n) is 3.64. The van der Waals surface area contributed by atoms with E-state index in [0.29, 0.717) is 23.2 Å². The number of aromatic amines is 1. The number of halogens is 3. The first-order valence-corrected chi connectivity index (χ1v) is 12.4. The fourth-order valence-corrected chi connectivity index (χ4v) is 4.49. The monoisotopic (exact) mass is 549 g/mol. The summed E-state index contributed by atoms with van der Waals surface area (Å²) in [5, 5.41) is 1.48. The van der Waals surface area contributed by atoms with E-state index in [1.165, 1.54) is 6.07 Å². The molecular weight excluding hydrogens is 527 g/mol. The summed E-state index contributed by atoms with van der Waals surface area (Å²) in [6.45, 7) is 2.06. The lowest BCUT2D eigenvalue weighted by Gasteiger charge is -2.21. The number of benzene rings is 2. The van der Waals surface area contributed by atoms with Gasteiger partial charge in [-0.05, 0) is 36.8 Å². The van der Waals surface area contributed by atoms with Gasteiger partial charge in [-0.1, -0.05) is 25.8 Å². The maximum atomic E-state index is 13.9. The molecule has 0 aliphatic carbocycles. The number of rotatable bonds is 8. The summed E-state index contributed by atoms with van der Waals surface area (Å²) in [4.78, 5) is 44.2. The second-order valence-electron chi connectivity index (χ2n) is 8.11. The van der Waals surface area contributed by atoms with Crippen molar-refractivity contribution in [2.75, 3.05) is 18.6 Å². The van der Waals surface area contributed by atoms with E-state index in [0.717, 1.165) is 48.3 Å². The number of ether oxygens (including phenoxy) is 2. The number of nitrogens with zero attached hydrogens (tertiary/aromatic N) is 2. The number of oxazole rings is 1. The zero-order chi connectivity index (χ0) is 27.4. The molecule has 1 N–H and O–H groups in total. The van der Waals surface area contributed by atoms with Gasteiger partial charge in [0.15, 0.2) is 10.7 Å². The van der Waals surface area contributed by atoms with Gasteiger partial charge in [-0.15, -0.1) is 11.3 Å². The summed E-state index contributed by atoms with van der Waals surface area (Å²) < 4.78 is 56.7. The number of aromatic nitrogens is 2. The number of carbonyl (C=O) groups excluding carboxylic acids is 2. The van der Waals surface area contributed by atoms with Crippen molar-refractivity contribution in [2.45, 2.75) is 32.4 Å². The normalized spacial score (nSPS) is 11.5. The summed E-state index contributed by atoms with van der Waals surface area (Å²) in [7, 11) is 0.986. The number of methoxy groups -OCH3 is 1. The minimum Gasteiger partial charge on any atom is -0.493 e. The highest BCUT2D eigenvalue weighted by molar-refractivity contribution is 7.14. The summed E-state index contributed by atoms with van der Waals surface area (Å²) in [6.07, 6.45) is -2.53. The van der Waals surface area contributed by atoms with Crippen molar-refractivity contribution < 1.29 is 36.7 Å². The first-order chi connectivity index (χ1) is 18.1. The zero-order valence-electron chi connectivity index (χ0n) is 20.3. The molecule has 200 valence electrons. The van der Waals surface area contributed by atoms with E-state index in [1.54, 1.807) is 23.6 Å². The maximum Gasteiger partial charge on any atom is 0.420 e. The van der Waals surface area contributed by atoms with E-state index in [4.69, 9.17) is 9.15 Å². The Balaban J connectivity index is 1.74. The number of thiazole rings is 1. The summed E-state index contributed by atoms with van der Waals surface area (Å²) in [6, 6.07) is 7.87. The molecule has 1 amide bonds. The summed E-state index contributed by atoms with van der Waals surface area (Å²) in [5.41, 5.74) is 0.244. The Labute approximate surface area is 217 Å². The Morgan fingerprint density at radius 2 is 1.95 bits per heavy atom. The average Bonchev–Trinajstić information content (AvgIpc) is 3.51. The molecule has 0 fully saturated rings. The van der Waals surface area contributed by atoms with Crippen LogP contribution in [0.5, 0.6) is 5.75 Å². The smallest absolute Gasteiger partial charge is 0.420 e. The van der Waals surface area contributed by atoms with Crippen molar-refractivity contribution in [2.24, 2.45) is 0 Å². The van der Waals surface area contributed by atoms with Crippen molar-refractivity contribution in [3.05, 3.63) is 57.9 Å². The van der Waals surface area contributed by atoms with Crippen LogP contribution in [0.2, 0.25) is 0 Å². The Kier molecular flexibility index (Phi) is 7.86. The van der Waals surface area contributed by atoms with E-state index in [-0.39, 0.29) is 28.8 Å². The molecular formula is C25H22F3N3O6S. The third kappa shape index (κ3) is 5.72. The highest BCUT2D eigenvalue weighted by Crippen LogP contribution is 2.41. The predicted molar refractivity (Wildman–Crippen MR) is 134 cm³/mol. The lowest BCUT2D eigenvalue weighted by molar-refractivity contribution is -0.151. The Morgan fingerprint density at radius 1 is 1.16 bits per heavy atom. The van der Waals surface area contributed by atoms with E-state index in [1.807, 2.05) is 6.92 Å². The number of fused-ring (bicyclic) bond motifs is 1. The quantitative estimate of drug-likeness (QED) is 0.171. The molecule has 0 spiro atoms. The lowest BCUT2D eigenvalue weighted by atomic mass is 10.1. The number of esters is 1. The van der Waals surface area contributed by atoms with Crippen LogP contribution in [0.3, 0.4) is 0 Å². The largest absolute Gasteiger partial charge is 0.493 e. The molecule has 4 aromatic rings. The van der Waals surface area contributed by atoms with Gasteiger partial charge in [0.05, 0.1) is 36.2 Å². The minimum absolute atomic E-state index is 0.0734. The van der Waals surface area contributed by atoms with Gasteiger partial charge in [0.25, 0.3) is 0 Å². The van der Waals surface area contributed by atoms with Crippen molar-refractivity contribution in [1.82, 2.24) is 9.97 Å². The van der Waals surface area contributed by atoms with Crippen LogP contribution in [0, 0.1) is 0 Å². The summed E-state index contributed by atoms with van der Waals surface area (Å²) >= 11 is 0.925. The molecule has 9 nitrogen and oxygen atoms in total. The van der Waals surface area contributed by atoms with Crippen molar-refractivity contribution >= 4 is 45.1 Å². The van der Waals surface area contributed by atoms with E-state index >= 15 is 0 Å². The van der Waals surface area contributed by atoms with Crippen LogP contribution < -0.4 is 15.4 Å². The van der Waals surface area contributed by atoms with E-state index in [9.17, 15) is 27.6 Å². The van der Waals surface area contributed by atoms with Crippen LogP contribution >= 0.6 is 11.3 Å². The highest BCUT2D eigenvalue weighted by Gasteiger charge is 2.37. The van der Waals surface area contributed by atoms with Crippen LogP contribution in [0.15, 0.2) is 51.0 Å². The summed E-state index contributed by atoms with van der Waals surface area (Å²) in [5.74, 6) is -3.54. The van der Waals surface area contributed by atoms with Crippen LogP contribution in [0.25, 0.3) is 22.4 Å². The number of alkyl halides is 3. The number of anilines is 2. The van der Waals surface area contributed by atoms with E-state index in [2.05, 4.69) is 14.7 Å². The predicted octanol–water partition coefficient (Wildman–Crippen LogP) is 5.67. The zero-order valence-corrected chi connectivity index (χ0v) is 21.1. The Hall–Kier alpha value is -4.13. The molecule has 0 saturated heterocycles. The van der Waals surface area contributed by atoms with Crippen LogP contribution in [-0.2, 0) is 20.5 Å². The van der Waals surface area contributed by atoms with Crippen molar-refractivity contribution in [1.29, 1.82) is 0 Å². The standard InChI is InChI=1S/C25H22F3N3O6S/c1-3-4-5-10-36-19-9-7-15(12-16(19)25(26,27)28)31(21(32)22(33)35-2)23-29-18(13-38-23)14-6-8-17-20(11-14)37-24(34)30-17/h6-9,11-13H,3-5,10H2,1-2H3,(H,30,34). The topological polar surface area (TPSA) is 115 Å². The van der Waals surface area contributed by atoms with Gasteiger partial charge in [0, 0.05) is 10.9 Å². The second-order valence-corrected chi connectivity index (χ2v) is 8.94. The number of H-pyrrole nitrogens is 1. The lowest BCUT2D eigenvalue weighted by Crippen LogP contribution is -2.33. The van der Waals surface area contributed by atoms with Gasteiger partial charge in [0.1, 0.15) is 5.75 Å². The molecule has 0 saturated carbocycles. The van der Waals surface area contributed by atoms with Gasteiger partial charge < -0.3 is 13.9 Å². The van der Waals surface area contributed by atoms with Crippen LogP contribution in [0.1, 0.15) is 31.7 Å². The number of hydrogen-bond acceptors (Lipinski definition) is 8. The van der Waals surface area contributed by atoms with Gasteiger partial charge in [-0.2, -0.15) is 13.2 Å². The van der Waals surface area contributed by atoms with Crippen LogP contribution in [0.4, 0.5) is 24.0 Å². The molecule has 2 aromatic heterocycles. The number of unbranched alkanes of at least 4 members (excludes halogenated alkanes) is 2. The molecule has 4 rings (SSSR count). The molecule has 0 bridgehead atoms. The third-order valence-corrected chi connectivity index (χ3v) is 6.32. The first-order valence-electron chi connectivity index (χ1n) is 11.5. The van der Waals surface area contributed by atoms with Crippen LogP contribution in [-0.4, -0.2) is 35.6 Å². The molecule has 0 aliphatic rings. The average molecular weight is 550 g/mol. The van der Waals surface area contributed by atoms with Gasteiger partial charge >= 0.3 is 23.8 Å². The fraction of sp³-hybridized carbons (Fsp3) is 0.280.